The van der Waals surface area contributed by atoms with Gasteiger partial charge in [0.25, 0.3) is 0 Å². The van der Waals surface area contributed by atoms with Crippen molar-refractivity contribution in [1.29, 1.82) is 0 Å². The number of carboxylic acids is 1. The van der Waals surface area contributed by atoms with Gasteiger partial charge >= 0.3 is 18.2 Å². The van der Waals surface area contributed by atoms with Crippen molar-refractivity contribution in [1.82, 2.24) is 4.90 Å². The molecule has 7 heteroatoms. The van der Waals surface area contributed by atoms with Gasteiger partial charge < -0.3 is 14.6 Å². The molecule has 0 saturated carbocycles. The van der Waals surface area contributed by atoms with E-state index in [0.29, 0.717) is 16.0 Å². The van der Waals surface area contributed by atoms with Crippen LogP contribution in [0.2, 0.25) is 0 Å². The summed E-state index contributed by atoms with van der Waals surface area (Å²) in [5, 5.41) is 9.16. The van der Waals surface area contributed by atoms with E-state index in [4.69, 9.17) is 14.6 Å². The Morgan fingerprint density at radius 1 is 0.846 bits per heavy atom. The van der Waals surface area contributed by atoms with Gasteiger partial charge in [0.15, 0.2) is 0 Å². The van der Waals surface area contributed by atoms with Gasteiger partial charge in [0.1, 0.15) is 19.3 Å². The molecule has 0 aromatic heterocycles. The minimum atomic E-state index is -1.43. The van der Waals surface area contributed by atoms with Crippen molar-refractivity contribution in [3.05, 3.63) is 71.8 Å². The monoisotopic (exact) mass is 357 g/mol. The minimum absolute atomic E-state index is 0.0888. The normalized spacial score (nSPS) is 11.3. The SMILES string of the molecule is CC(C(=O)O)N(C(=O)OCc1ccccc1)C(=O)OCc1ccccc1. The molecule has 0 fully saturated rings. The summed E-state index contributed by atoms with van der Waals surface area (Å²) in [6.45, 7) is 1.03. The van der Waals surface area contributed by atoms with Crippen LogP contribution in [0.5, 0.6) is 0 Å². The van der Waals surface area contributed by atoms with Crippen molar-refractivity contribution >= 4 is 18.2 Å². The predicted octanol–water partition coefficient (Wildman–Crippen LogP) is 3.44. The number of hydrogen-bond donors (Lipinski definition) is 1. The number of hydrogen-bond acceptors (Lipinski definition) is 5. The highest BCUT2D eigenvalue weighted by Crippen LogP contribution is 2.11. The zero-order chi connectivity index (χ0) is 18.9. The molecule has 7 nitrogen and oxygen atoms in total. The van der Waals surface area contributed by atoms with Gasteiger partial charge in [-0.25, -0.2) is 14.4 Å². The summed E-state index contributed by atoms with van der Waals surface area (Å²) in [5.41, 5.74) is 1.42. The molecule has 0 radical (unpaired) electrons. The Morgan fingerprint density at radius 2 is 1.23 bits per heavy atom. The highest BCUT2D eigenvalue weighted by molar-refractivity contribution is 5.93. The van der Waals surface area contributed by atoms with Gasteiger partial charge in [0.2, 0.25) is 0 Å². The number of imide groups is 1. The quantitative estimate of drug-likeness (QED) is 0.851. The van der Waals surface area contributed by atoms with E-state index in [1.165, 1.54) is 6.92 Å². The summed E-state index contributed by atoms with van der Waals surface area (Å²) in [5.74, 6) is -1.35. The summed E-state index contributed by atoms with van der Waals surface area (Å²) < 4.78 is 10.1. The lowest BCUT2D eigenvalue weighted by Gasteiger charge is -2.23. The minimum Gasteiger partial charge on any atom is -0.480 e. The lowest BCUT2D eigenvalue weighted by Crippen LogP contribution is -2.47. The average molecular weight is 357 g/mol. The maximum Gasteiger partial charge on any atom is 0.420 e. The van der Waals surface area contributed by atoms with E-state index in [9.17, 15) is 14.4 Å². The molecule has 1 atom stereocenters. The van der Waals surface area contributed by atoms with Crippen LogP contribution in [0, 0.1) is 0 Å². The first-order chi connectivity index (χ1) is 12.5. The van der Waals surface area contributed by atoms with Crippen molar-refractivity contribution in [3.63, 3.8) is 0 Å². The zero-order valence-electron chi connectivity index (χ0n) is 14.2. The number of aliphatic carboxylic acids is 1. The van der Waals surface area contributed by atoms with E-state index in [1.54, 1.807) is 48.5 Å². The molecule has 0 bridgehead atoms. The van der Waals surface area contributed by atoms with E-state index in [2.05, 4.69) is 0 Å². The van der Waals surface area contributed by atoms with E-state index in [0.717, 1.165) is 0 Å². The van der Waals surface area contributed by atoms with Gasteiger partial charge in [0, 0.05) is 0 Å². The van der Waals surface area contributed by atoms with Gasteiger partial charge in [0.05, 0.1) is 0 Å². The second-order valence-corrected chi connectivity index (χ2v) is 5.46. The van der Waals surface area contributed by atoms with Crippen molar-refractivity contribution in [2.75, 3.05) is 0 Å². The zero-order valence-corrected chi connectivity index (χ0v) is 14.2. The molecule has 0 aliphatic heterocycles. The lowest BCUT2D eigenvalue weighted by molar-refractivity contribution is -0.141. The fourth-order valence-corrected chi connectivity index (χ4v) is 2.08. The van der Waals surface area contributed by atoms with E-state index < -0.39 is 24.2 Å². The maximum absolute atomic E-state index is 12.3. The van der Waals surface area contributed by atoms with Crippen LogP contribution in [0.3, 0.4) is 0 Å². The van der Waals surface area contributed by atoms with Crippen LogP contribution in [0.25, 0.3) is 0 Å². The number of amides is 2. The third-order valence-electron chi connectivity index (χ3n) is 3.55. The molecule has 0 saturated heterocycles. The second kappa shape index (κ2) is 9.22. The molecule has 0 heterocycles. The van der Waals surface area contributed by atoms with Gasteiger partial charge in [-0.15, -0.1) is 0 Å². The summed E-state index contributed by atoms with van der Waals surface area (Å²) >= 11 is 0. The van der Waals surface area contributed by atoms with Crippen LogP contribution in [0.15, 0.2) is 60.7 Å². The number of carbonyl (C=O) groups excluding carboxylic acids is 2. The highest BCUT2D eigenvalue weighted by atomic mass is 16.6. The van der Waals surface area contributed by atoms with Crippen LogP contribution in [-0.2, 0) is 27.5 Å². The third-order valence-corrected chi connectivity index (χ3v) is 3.55. The van der Waals surface area contributed by atoms with Crippen LogP contribution in [-0.4, -0.2) is 34.2 Å². The second-order valence-electron chi connectivity index (χ2n) is 5.46. The largest absolute Gasteiger partial charge is 0.480 e. The standard InChI is InChI=1S/C19H19NO6/c1-14(17(21)22)20(18(23)25-12-15-8-4-2-5-9-15)19(24)26-13-16-10-6-3-7-11-16/h2-11,14H,12-13H2,1H3,(H,21,22). The topological polar surface area (TPSA) is 93.1 Å². The van der Waals surface area contributed by atoms with Crippen molar-refractivity contribution in [3.8, 4) is 0 Å². The van der Waals surface area contributed by atoms with Gasteiger partial charge in [-0.3, -0.25) is 0 Å². The lowest BCUT2D eigenvalue weighted by atomic mass is 10.2. The average Bonchev–Trinajstić information content (AvgIpc) is 2.66. The predicted molar refractivity (Wildman–Crippen MR) is 92.2 cm³/mol. The first-order valence-electron chi connectivity index (χ1n) is 7.92. The Balaban J connectivity index is 2.03. The number of ether oxygens (including phenoxy) is 2. The molecule has 2 aromatic carbocycles. The Labute approximate surface area is 150 Å². The molecule has 26 heavy (non-hydrogen) atoms. The van der Waals surface area contributed by atoms with Gasteiger partial charge in [-0.1, -0.05) is 60.7 Å². The summed E-state index contributed by atoms with van der Waals surface area (Å²) in [4.78, 5) is 36.2. The van der Waals surface area contributed by atoms with E-state index in [1.807, 2.05) is 12.1 Å². The maximum atomic E-state index is 12.3. The van der Waals surface area contributed by atoms with Crippen LogP contribution in [0.4, 0.5) is 9.59 Å². The third kappa shape index (κ3) is 5.34. The van der Waals surface area contributed by atoms with Gasteiger partial charge in [-0.2, -0.15) is 4.90 Å². The van der Waals surface area contributed by atoms with E-state index in [-0.39, 0.29) is 13.2 Å². The first kappa shape index (κ1) is 19.0. The Morgan fingerprint density at radius 3 is 1.58 bits per heavy atom. The van der Waals surface area contributed by atoms with Crippen LogP contribution in [0.1, 0.15) is 18.1 Å². The highest BCUT2D eigenvalue weighted by Gasteiger charge is 2.34. The van der Waals surface area contributed by atoms with Crippen molar-refractivity contribution in [2.24, 2.45) is 0 Å². The number of benzene rings is 2. The molecular formula is C19H19NO6. The molecular weight excluding hydrogens is 338 g/mol. The molecule has 1 N–H and O–H groups in total. The van der Waals surface area contributed by atoms with E-state index >= 15 is 0 Å². The number of carboxylic acid groups (broad SMARTS) is 1. The summed E-state index contributed by atoms with van der Waals surface area (Å²) in [7, 11) is 0. The molecule has 0 aliphatic carbocycles. The van der Waals surface area contributed by atoms with Crippen molar-refractivity contribution < 1.29 is 29.0 Å². The van der Waals surface area contributed by atoms with Crippen LogP contribution >= 0.6 is 0 Å². The van der Waals surface area contributed by atoms with Gasteiger partial charge in [-0.05, 0) is 18.1 Å². The van der Waals surface area contributed by atoms with Crippen LogP contribution < -0.4 is 0 Å². The molecule has 2 amide bonds. The smallest absolute Gasteiger partial charge is 0.420 e. The molecule has 136 valence electrons. The molecule has 1 unspecified atom stereocenters. The molecule has 2 rings (SSSR count). The fourth-order valence-electron chi connectivity index (χ4n) is 2.08. The molecule has 0 aliphatic rings. The summed E-state index contributed by atoms with van der Waals surface area (Å²) in [6.07, 6.45) is -2.16. The Bertz CT molecular complexity index is 692. The Kier molecular flexibility index (Phi) is 6.73. The summed E-state index contributed by atoms with van der Waals surface area (Å²) in [6, 6.07) is 16.3. The molecule has 0 spiro atoms. The molecule has 2 aromatic rings. The number of rotatable bonds is 6. The number of carbonyl (C=O) groups is 3. The fraction of sp³-hybridized carbons (Fsp3) is 0.211. The van der Waals surface area contributed by atoms with Crippen molar-refractivity contribution in [2.45, 2.75) is 26.2 Å². The first-order valence-corrected chi connectivity index (χ1v) is 7.92. The number of nitrogens with zero attached hydrogens (tertiary/aromatic N) is 1. The Hall–Kier alpha value is -3.35.